The molecule has 0 aliphatic carbocycles. The molecule has 0 aromatic heterocycles. The number of nitrogens with one attached hydrogen (secondary N) is 2. The highest BCUT2D eigenvalue weighted by Crippen LogP contribution is 2.23. The number of carbonyl (C=O) groups is 1. The van der Waals surface area contributed by atoms with Crippen molar-refractivity contribution in [2.75, 3.05) is 36.9 Å². The molecule has 33 heavy (non-hydrogen) atoms. The van der Waals surface area contributed by atoms with Crippen LogP contribution in [0.2, 0.25) is 0 Å². The summed E-state index contributed by atoms with van der Waals surface area (Å²) in [7, 11) is -3.63. The third kappa shape index (κ3) is 5.60. The van der Waals surface area contributed by atoms with Gasteiger partial charge < -0.3 is 15.4 Å². The summed E-state index contributed by atoms with van der Waals surface area (Å²) in [5, 5.41) is 5.99. The van der Waals surface area contributed by atoms with Gasteiger partial charge in [-0.25, -0.2) is 8.42 Å². The van der Waals surface area contributed by atoms with E-state index >= 15 is 0 Å². The van der Waals surface area contributed by atoms with Crippen LogP contribution in [0.3, 0.4) is 0 Å². The predicted octanol–water partition coefficient (Wildman–Crippen LogP) is 3.81. The van der Waals surface area contributed by atoms with E-state index in [-0.39, 0.29) is 10.8 Å². The Hall–Kier alpha value is -3.20. The minimum absolute atomic E-state index is 0.152. The minimum Gasteiger partial charge on any atom is -0.379 e. The van der Waals surface area contributed by atoms with Crippen LogP contribution < -0.4 is 10.6 Å². The van der Waals surface area contributed by atoms with Crippen molar-refractivity contribution in [1.82, 2.24) is 4.31 Å². The van der Waals surface area contributed by atoms with E-state index in [9.17, 15) is 13.2 Å². The van der Waals surface area contributed by atoms with Crippen molar-refractivity contribution < 1.29 is 17.9 Å². The topological polar surface area (TPSA) is 87.7 Å². The van der Waals surface area contributed by atoms with Gasteiger partial charge in [-0.15, -0.1) is 0 Å². The van der Waals surface area contributed by atoms with E-state index in [0.717, 1.165) is 16.8 Å². The van der Waals surface area contributed by atoms with Gasteiger partial charge in [-0.2, -0.15) is 4.31 Å². The average Bonchev–Trinajstić information content (AvgIpc) is 2.85. The summed E-state index contributed by atoms with van der Waals surface area (Å²) in [6.07, 6.45) is 0. The summed E-state index contributed by atoms with van der Waals surface area (Å²) in [4.78, 5) is 12.9. The molecule has 1 amide bonds. The molecule has 3 aromatic rings. The van der Waals surface area contributed by atoms with E-state index in [2.05, 4.69) is 10.6 Å². The Labute approximate surface area is 194 Å². The second kappa shape index (κ2) is 10.2. The van der Waals surface area contributed by atoms with Crippen LogP contribution >= 0.6 is 0 Å². The Morgan fingerprint density at radius 3 is 2.24 bits per heavy atom. The zero-order valence-corrected chi connectivity index (χ0v) is 19.2. The standard InChI is InChI=1S/C25H27N3O4S/c1-19(26-22-12-10-21(11-13-22)20-6-3-2-4-7-20)25(29)27-23-8-5-9-24(18-23)33(30,31)28-14-16-32-17-15-28/h2-13,18-19,26H,14-17H2,1H3,(H,27,29). The first-order chi connectivity index (χ1) is 15.9. The lowest BCUT2D eigenvalue weighted by molar-refractivity contribution is -0.116. The summed E-state index contributed by atoms with van der Waals surface area (Å²) < 4.78 is 32.4. The van der Waals surface area contributed by atoms with Crippen molar-refractivity contribution >= 4 is 27.3 Å². The zero-order valence-electron chi connectivity index (χ0n) is 18.4. The van der Waals surface area contributed by atoms with Crippen molar-refractivity contribution in [1.29, 1.82) is 0 Å². The molecule has 2 N–H and O–H groups in total. The molecule has 172 valence electrons. The Balaban J connectivity index is 1.39. The monoisotopic (exact) mass is 465 g/mol. The van der Waals surface area contributed by atoms with Crippen LogP contribution in [0.25, 0.3) is 11.1 Å². The van der Waals surface area contributed by atoms with Gasteiger partial charge in [0.15, 0.2) is 0 Å². The van der Waals surface area contributed by atoms with Crippen molar-refractivity contribution in [3.63, 3.8) is 0 Å². The molecule has 0 bridgehead atoms. The molecule has 8 heteroatoms. The van der Waals surface area contributed by atoms with Gasteiger partial charge in [0.05, 0.1) is 18.1 Å². The largest absolute Gasteiger partial charge is 0.379 e. The van der Waals surface area contributed by atoms with Crippen molar-refractivity contribution in [2.24, 2.45) is 0 Å². The lowest BCUT2D eigenvalue weighted by Crippen LogP contribution is -2.40. The van der Waals surface area contributed by atoms with E-state index in [1.807, 2.05) is 54.6 Å². The molecule has 1 unspecified atom stereocenters. The van der Waals surface area contributed by atoms with E-state index < -0.39 is 16.1 Å². The van der Waals surface area contributed by atoms with E-state index in [1.165, 1.54) is 16.4 Å². The molecule has 1 atom stereocenters. The summed E-state index contributed by atoms with van der Waals surface area (Å²) in [5.74, 6) is -0.261. The Morgan fingerprint density at radius 2 is 1.55 bits per heavy atom. The molecule has 1 fully saturated rings. The highest BCUT2D eigenvalue weighted by atomic mass is 32.2. The Morgan fingerprint density at radius 1 is 0.879 bits per heavy atom. The summed E-state index contributed by atoms with van der Waals surface area (Å²) in [5.41, 5.74) is 3.47. The van der Waals surface area contributed by atoms with Gasteiger partial charge in [-0.05, 0) is 48.4 Å². The molecule has 4 rings (SSSR count). The lowest BCUT2D eigenvalue weighted by atomic mass is 10.1. The highest BCUT2D eigenvalue weighted by Gasteiger charge is 2.26. The van der Waals surface area contributed by atoms with Gasteiger partial charge >= 0.3 is 0 Å². The van der Waals surface area contributed by atoms with Gasteiger partial charge in [-0.3, -0.25) is 4.79 Å². The number of carbonyl (C=O) groups excluding carboxylic acids is 1. The number of nitrogens with zero attached hydrogens (tertiary/aromatic N) is 1. The van der Waals surface area contributed by atoms with Gasteiger partial charge in [-0.1, -0.05) is 48.5 Å². The molecule has 7 nitrogen and oxygen atoms in total. The first kappa shape index (κ1) is 23.0. The molecule has 1 heterocycles. The van der Waals surface area contributed by atoms with E-state index in [4.69, 9.17) is 4.74 Å². The van der Waals surface area contributed by atoms with Crippen molar-refractivity contribution in [2.45, 2.75) is 17.9 Å². The molecule has 0 radical (unpaired) electrons. The van der Waals surface area contributed by atoms with Gasteiger partial charge in [0.25, 0.3) is 0 Å². The number of rotatable bonds is 7. The van der Waals surface area contributed by atoms with Crippen molar-refractivity contribution in [3.05, 3.63) is 78.9 Å². The molecule has 1 aliphatic rings. The minimum atomic E-state index is -3.63. The number of hydrogen-bond donors (Lipinski definition) is 2. The molecular formula is C25H27N3O4S. The van der Waals surface area contributed by atoms with Crippen LogP contribution in [-0.2, 0) is 19.6 Å². The van der Waals surface area contributed by atoms with Crippen LogP contribution in [0.4, 0.5) is 11.4 Å². The number of sulfonamides is 1. The first-order valence-corrected chi connectivity index (χ1v) is 12.3. The second-order valence-electron chi connectivity index (χ2n) is 7.84. The number of amides is 1. The van der Waals surface area contributed by atoms with Gasteiger partial charge in [0.2, 0.25) is 15.9 Å². The number of ether oxygens (including phenoxy) is 1. The Kier molecular flexibility index (Phi) is 7.08. The van der Waals surface area contributed by atoms with E-state index in [1.54, 1.807) is 19.1 Å². The summed E-state index contributed by atoms with van der Waals surface area (Å²) in [6.45, 7) is 3.16. The molecule has 0 saturated carbocycles. The SMILES string of the molecule is CC(Nc1ccc(-c2ccccc2)cc1)C(=O)Nc1cccc(S(=O)(=O)N2CCOCC2)c1. The third-order valence-electron chi connectivity index (χ3n) is 5.48. The lowest BCUT2D eigenvalue weighted by Gasteiger charge is -2.26. The maximum absolute atomic E-state index is 12.9. The average molecular weight is 466 g/mol. The number of morpholine rings is 1. The quantitative estimate of drug-likeness (QED) is 0.554. The first-order valence-electron chi connectivity index (χ1n) is 10.8. The number of hydrogen-bond acceptors (Lipinski definition) is 5. The fourth-order valence-corrected chi connectivity index (χ4v) is 5.08. The summed E-state index contributed by atoms with van der Waals surface area (Å²) in [6, 6.07) is 23.7. The molecule has 1 aliphatic heterocycles. The molecule has 3 aromatic carbocycles. The zero-order chi connectivity index (χ0) is 23.3. The van der Waals surface area contributed by atoms with Crippen molar-refractivity contribution in [3.8, 4) is 11.1 Å². The predicted molar refractivity (Wildman–Crippen MR) is 130 cm³/mol. The number of benzene rings is 3. The maximum Gasteiger partial charge on any atom is 0.246 e. The van der Waals surface area contributed by atoms with Crippen LogP contribution in [0, 0.1) is 0 Å². The highest BCUT2D eigenvalue weighted by molar-refractivity contribution is 7.89. The van der Waals surface area contributed by atoms with Gasteiger partial charge in [0, 0.05) is 24.5 Å². The fourth-order valence-electron chi connectivity index (χ4n) is 3.63. The summed E-state index contributed by atoms with van der Waals surface area (Å²) >= 11 is 0. The molecular weight excluding hydrogens is 438 g/mol. The fraction of sp³-hybridized carbons (Fsp3) is 0.240. The van der Waals surface area contributed by atoms with E-state index in [0.29, 0.717) is 32.0 Å². The molecule has 1 saturated heterocycles. The van der Waals surface area contributed by atoms with Crippen LogP contribution in [0.1, 0.15) is 6.92 Å². The molecule has 0 spiro atoms. The third-order valence-corrected chi connectivity index (χ3v) is 7.37. The normalized spacial score (nSPS) is 15.5. The Bertz CT molecular complexity index is 1190. The maximum atomic E-state index is 12.9. The van der Waals surface area contributed by atoms with Gasteiger partial charge in [0.1, 0.15) is 6.04 Å². The number of anilines is 2. The van der Waals surface area contributed by atoms with Crippen LogP contribution in [0.5, 0.6) is 0 Å². The van der Waals surface area contributed by atoms with Crippen LogP contribution in [-0.4, -0.2) is 51.0 Å². The second-order valence-corrected chi connectivity index (χ2v) is 9.78. The van der Waals surface area contributed by atoms with Crippen LogP contribution in [0.15, 0.2) is 83.8 Å². The smallest absolute Gasteiger partial charge is 0.246 e.